The number of ether oxygens (including phenoxy) is 1. The molecule has 0 spiro atoms. The van der Waals surface area contributed by atoms with E-state index in [1.165, 1.54) is 6.08 Å². The van der Waals surface area contributed by atoms with E-state index >= 15 is 0 Å². The van der Waals surface area contributed by atoms with E-state index in [0.29, 0.717) is 37.5 Å². The topological polar surface area (TPSA) is 55.4 Å². The summed E-state index contributed by atoms with van der Waals surface area (Å²) in [5.74, 6) is -0.847. The molecule has 1 N–H and O–H groups in total. The molecule has 0 saturated heterocycles. The molecule has 38 heavy (non-hydrogen) atoms. The van der Waals surface area contributed by atoms with E-state index < -0.39 is 41.0 Å². The number of amides is 1. The van der Waals surface area contributed by atoms with Gasteiger partial charge in [-0.3, -0.25) is 4.79 Å². The Kier molecular flexibility index (Phi) is 6.23. The molecule has 3 aliphatic carbocycles. The van der Waals surface area contributed by atoms with Crippen LogP contribution in [0.4, 0.5) is 32.0 Å². The molecule has 1 aromatic rings. The van der Waals surface area contributed by atoms with Crippen molar-refractivity contribution < 1.29 is 40.7 Å². The van der Waals surface area contributed by atoms with Crippen LogP contribution in [0.25, 0.3) is 0 Å². The first-order chi connectivity index (χ1) is 17.5. The van der Waals surface area contributed by atoms with Crippen molar-refractivity contribution in [3.05, 3.63) is 41.5 Å². The van der Waals surface area contributed by atoms with E-state index in [1.54, 1.807) is 0 Å². The molecule has 1 aliphatic heterocycles. The van der Waals surface area contributed by atoms with Gasteiger partial charge in [0.2, 0.25) is 5.91 Å². The first-order valence-electron chi connectivity index (χ1n) is 13.0. The van der Waals surface area contributed by atoms with Crippen LogP contribution in [-0.4, -0.2) is 18.0 Å². The van der Waals surface area contributed by atoms with Gasteiger partial charge in [0.05, 0.1) is 16.8 Å². The molecule has 8 atom stereocenters. The summed E-state index contributed by atoms with van der Waals surface area (Å²) in [6.45, 7) is 6.35. The molecule has 0 radical (unpaired) electrons. The number of nitrogens with one attached hydrogen (secondary N) is 1. The second kappa shape index (κ2) is 8.74. The number of carbonyl (C=O) groups excluding carboxylic acids is 2. The Labute approximate surface area is 217 Å². The number of alkyl halides is 6. The number of hydrogen-bond acceptors (Lipinski definition) is 3. The van der Waals surface area contributed by atoms with E-state index in [9.17, 15) is 35.9 Å². The lowest BCUT2D eigenvalue weighted by Crippen LogP contribution is -2.57. The molecule has 10 heteroatoms. The average molecular weight is 544 g/mol. The number of fused-ring (bicyclic) bond motifs is 5. The molecule has 5 rings (SSSR count). The highest BCUT2D eigenvalue weighted by atomic mass is 19.4. The van der Waals surface area contributed by atoms with Gasteiger partial charge in [-0.1, -0.05) is 26.8 Å². The third kappa shape index (κ3) is 4.41. The van der Waals surface area contributed by atoms with Gasteiger partial charge in [0.25, 0.3) is 0 Å². The second-order valence-electron chi connectivity index (χ2n) is 12.2. The Bertz CT molecular complexity index is 1180. The Morgan fingerprint density at radius 3 is 2.42 bits per heavy atom. The van der Waals surface area contributed by atoms with Crippen molar-refractivity contribution >= 4 is 17.6 Å². The Hall–Kier alpha value is -2.52. The van der Waals surface area contributed by atoms with Crippen molar-refractivity contribution in [1.29, 1.82) is 0 Å². The predicted octanol–water partition coefficient (Wildman–Crippen LogP) is 7.25. The van der Waals surface area contributed by atoms with Gasteiger partial charge in [-0.2, -0.15) is 26.3 Å². The van der Waals surface area contributed by atoms with E-state index in [0.717, 1.165) is 12.8 Å². The summed E-state index contributed by atoms with van der Waals surface area (Å²) in [5.41, 5.74) is -3.97. The smallest absolute Gasteiger partial charge is 0.418 e. The number of anilines is 1. The zero-order chi connectivity index (χ0) is 27.8. The standard InChI is InChI=1S/C28H31F6NO3/c1-14-10-21-26(3,9-7-22(36)38-21)18-6-8-25(2)13-15(11-19(25)23(14)18)24(37)35-20-12-16(27(29,30)31)4-5-17(20)28(32,33)34/h4-5,7,9,12,14-15,18-19,21,23H,6,8,10-11,13H2,1-3H3,(H,35,37)/t14-,15-,18-,19-,21+,23+,25+,26+/m0/s1. The lowest BCUT2D eigenvalue weighted by molar-refractivity contribution is -0.173. The van der Waals surface area contributed by atoms with Crippen LogP contribution in [0.3, 0.4) is 0 Å². The molecule has 0 bridgehead atoms. The van der Waals surface area contributed by atoms with Crippen molar-refractivity contribution in [3.63, 3.8) is 0 Å². The van der Waals surface area contributed by atoms with E-state index in [1.807, 2.05) is 6.08 Å². The van der Waals surface area contributed by atoms with Crippen molar-refractivity contribution in [1.82, 2.24) is 0 Å². The van der Waals surface area contributed by atoms with Gasteiger partial charge in [-0.05, 0) is 79.4 Å². The molecular weight excluding hydrogens is 512 g/mol. The van der Waals surface area contributed by atoms with Gasteiger partial charge in [0, 0.05) is 17.4 Å². The normalized spacial score (nSPS) is 38.6. The van der Waals surface area contributed by atoms with Crippen LogP contribution in [0.2, 0.25) is 0 Å². The maximum absolute atomic E-state index is 13.6. The average Bonchev–Trinajstić information content (AvgIpc) is 3.17. The number of hydrogen-bond donors (Lipinski definition) is 1. The molecule has 3 saturated carbocycles. The zero-order valence-corrected chi connectivity index (χ0v) is 21.4. The number of rotatable bonds is 2. The second-order valence-corrected chi connectivity index (χ2v) is 12.2. The molecule has 4 nitrogen and oxygen atoms in total. The SMILES string of the molecule is C[C@H]1C[C@H]2OC(=O)C=C[C@]2(C)[C@H]2CC[C@]3(C)C[C@@H](C(=O)Nc4cc(C(F)(F)F)ccc4C(F)(F)F)C[C@H]3[C@H]12. The summed E-state index contributed by atoms with van der Waals surface area (Å²) in [7, 11) is 0. The highest BCUT2D eigenvalue weighted by Crippen LogP contribution is 2.66. The number of benzene rings is 1. The quantitative estimate of drug-likeness (QED) is 0.316. The minimum absolute atomic E-state index is 0.124. The van der Waals surface area contributed by atoms with Gasteiger partial charge in [-0.15, -0.1) is 0 Å². The molecule has 208 valence electrons. The summed E-state index contributed by atoms with van der Waals surface area (Å²) in [6, 6.07) is 1.10. The van der Waals surface area contributed by atoms with Crippen molar-refractivity contribution in [2.45, 2.75) is 71.3 Å². The summed E-state index contributed by atoms with van der Waals surface area (Å²) in [6.07, 6.45) is -3.25. The van der Waals surface area contributed by atoms with Crippen molar-refractivity contribution in [2.24, 2.45) is 40.4 Å². The molecule has 1 aromatic carbocycles. The van der Waals surface area contributed by atoms with Gasteiger partial charge in [0.1, 0.15) is 6.10 Å². The van der Waals surface area contributed by atoms with E-state index in [-0.39, 0.29) is 46.6 Å². The van der Waals surface area contributed by atoms with Crippen molar-refractivity contribution in [2.75, 3.05) is 5.32 Å². The lowest BCUT2D eigenvalue weighted by Gasteiger charge is -2.59. The monoisotopic (exact) mass is 543 g/mol. The first kappa shape index (κ1) is 27.1. The Balaban J connectivity index is 1.40. The summed E-state index contributed by atoms with van der Waals surface area (Å²) in [5, 5.41) is 2.21. The molecule has 1 heterocycles. The van der Waals surface area contributed by atoms with Gasteiger partial charge in [-0.25, -0.2) is 4.79 Å². The van der Waals surface area contributed by atoms with Gasteiger partial charge < -0.3 is 10.1 Å². The third-order valence-electron chi connectivity index (χ3n) is 9.96. The highest BCUT2D eigenvalue weighted by Gasteiger charge is 2.61. The molecule has 0 aromatic heterocycles. The highest BCUT2D eigenvalue weighted by molar-refractivity contribution is 5.93. The maximum atomic E-state index is 13.6. The van der Waals surface area contributed by atoms with E-state index in [2.05, 4.69) is 26.1 Å². The minimum atomic E-state index is -4.92. The molecule has 1 amide bonds. The summed E-state index contributed by atoms with van der Waals surface area (Å²) < 4.78 is 86.0. The van der Waals surface area contributed by atoms with E-state index in [4.69, 9.17) is 4.74 Å². The summed E-state index contributed by atoms with van der Waals surface area (Å²) >= 11 is 0. The fourth-order valence-corrected chi connectivity index (χ4v) is 8.10. The fraction of sp³-hybridized carbons (Fsp3) is 0.643. The number of carbonyl (C=O) groups is 2. The number of halogens is 6. The fourth-order valence-electron chi connectivity index (χ4n) is 8.10. The zero-order valence-electron chi connectivity index (χ0n) is 21.4. The summed E-state index contributed by atoms with van der Waals surface area (Å²) in [4.78, 5) is 25.2. The van der Waals surface area contributed by atoms with Crippen LogP contribution < -0.4 is 5.32 Å². The van der Waals surface area contributed by atoms with Crippen LogP contribution in [0, 0.1) is 40.4 Å². The van der Waals surface area contributed by atoms with Crippen molar-refractivity contribution in [3.8, 4) is 0 Å². The Morgan fingerprint density at radius 1 is 1.05 bits per heavy atom. The third-order valence-corrected chi connectivity index (χ3v) is 9.96. The van der Waals surface area contributed by atoms with Gasteiger partial charge >= 0.3 is 18.3 Å². The predicted molar refractivity (Wildman–Crippen MR) is 127 cm³/mol. The number of esters is 1. The van der Waals surface area contributed by atoms with Gasteiger partial charge in [0.15, 0.2) is 0 Å². The lowest BCUT2D eigenvalue weighted by atomic mass is 9.47. The molecule has 0 unspecified atom stereocenters. The van der Waals surface area contributed by atoms with Crippen LogP contribution >= 0.6 is 0 Å². The minimum Gasteiger partial charge on any atom is -0.458 e. The molecular formula is C28H31F6NO3. The Morgan fingerprint density at radius 2 is 1.76 bits per heavy atom. The molecule has 3 fully saturated rings. The first-order valence-corrected chi connectivity index (χ1v) is 13.0. The largest absolute Gasteiger partial charge is 0.458 e. The van der Waals surface area contributed by atoms with Crippen LogP contribution in [-0.2, 0) is 26.7 Å². The van der Waals surface area contributed by atoms with Crippen LogP contribution in [0.15, 0.2) is 30.4 Å². The maximum Gasteiger partial charge on any atom is 0.418 e. The molecule has 4 aliphatic rings. The van der Waals surface area contributed by atoms with Crippen LogP contribution in [0.1, 0.15) is 64.0 Å². The van der Waals surface area contributed by atoms with Crippen LogP contribution in [0.5, 0.6) is 0 Å².